The standard InChI is InChI=1S/C15H18N4O/c1-16-9-12-10-17-15(18-11-12)19-7-4-8-20-14-6-3-2-5-13(14)19/h2-3,5-6,10-11,16H,4,7-9H2,1H3. The third-order valence-electron chi connectivity index (χ3n) is 3.25. The summed E-state index contributed by atoms with van der Waals surface area (Å²) in [5, 5.41) is 3.10. The first-order chi connectivity index (χ1) is 9.88. The zero-order valence-electron chi connectivity index (χ0n) is 11.5. The van der Waals surface area contributed by atoms with Crippen molar-refractivity contribution in [1.82, 2.24) is 15.3 Å². The number of hydrogen-bond acceptors (Lipinski definition) is 5. The molecular formula is C15H18N4O. The number of nitrogens with one attached hydrogen (secondary N) is 1. The van der Waals surface area contributed by atoms with E-state index in [0.29, 0.717) is 0 Å². The lowest BCUT2D eigenvalue weighted by Gasteiger charge is -2.21. The van der Waals surface area contributed by atoms with Crippen LogP contribution in [0, 0.1) is 0 Å². The van der Waals surface area contributed by atoms with E-state index in [9.17, 15) is 0 Å². The summed E-state index contributed by atoms with van der Waals surface area (Å²) in [4.78, 5) is 11.1. The molecule has 0 radical (unpaired) electrons. The maximum absolute atomic E-state index is 5.76. The molecule has 0 amide bonds. The second-order valence-electron chi connectivity index (χ2n) is 4.74. The zero-order chi connectivity index (χ0) is 13.8. The van der Waals surface area contributed by atoms with Crippen LogP contribution in [0.5, 0.6) is 5.75 Å². The van der Waals surface area contributed by atoms with Crippen molar-refractivity contribution in [1.29, 1.82) is 0 Å². The molecule has 1 aliphatic heterocycles. The van der Waals surface area contributed by atoms with Gasteiger partial charge in [-0.15, -0.1) is 0 Å². The third kappa shape index (κ3) is 2.58. The van der Waals surface area contributed by atoms with Gasteiger partial charge in [-0.1, -0.05) is 12.1 Å². The highest BCUT2D eigenvalue weighted by molar-refractivity contribution is 5.65. The molecule has 1 aromatic heterocycles. The predicted molar refractivity (Wildman–Crippen MR) is 78.4 cm³/mol. The zero-order valence-corrected chi connectivity index (χ0v) is 11.5. The van der Waals surface area contributed by atoms with Crippen LogP contribution in [0.25, 0.3) is 0 Å². The van der Waals surface area contributed by atoms with Gasteiger partial charge in [-0.2, -0.15) is 0 Å². The molecule has 2 aromatic rings. The molecular weight excluding hydrogens is 252 g/mol. The Bertz CT molecular complexity index is 570. The van der Waals surface area contributed by atoms with Crippen molar-refractivity contribution >= 4 is 11.6 Å². The van der Waals surface area contributed by atoms with Crippen molar-refractivity contribution in [2.45, 2.75) is 13.0 Å². The fraction of sp³-hybridized carbons (Fsp3) is 0.333. The van der Waals surface area contributed by atoms with Gasteiger partial charge in [-0.3, -0.25) is 0 Å². The number of anilines is 2. The topological polar surface area (TPSA) is 50.3 Å². The quantitative estimate of drug-likeness (QED) is 0.925. The van der Waals surface area contributed by atoms with Gasteiger partial charge in [0.1, 0.15) is 5.75 Å². The first-order valence-electron chi connectivity index (χ1n) is 6.83. The van der Waals surface area contributed by atoms with Crippen LogP contribution in [0.15, 0.2) is 36.7 Å². The molecule has 2 heterocycles. The Labute approximate surface area is 118 Å². The van der Waals surface area contributed by atoms with Crippen LogP contribution in [-0.2, 0) is 6.54 Å². The highest BCUT2D eigenvalue weighted by Crippen LogP contribution is 2.33. The van der Waals surface area contributed by atoms with Gasteiger partial charge in [0.15, 0.2) is 0 Å². The molecule has 5 heteroatoms. The van der Waals surface area contributed by atoms with E-state index in [1.165, 1.54) is 0 Å². The van der Waals surface area contributed by atoms with Crippen LogP contribution in [0.2, 0.25) is 0 Å². The maximum atomic E-state index is 5.76. The molecule has 20 heavy (non-hydrogen) atoms. The Kier molecular flexibility index (Phi) is 3.78. The number of nitrogens with zero attached hydrogens (tertiary/aromatic N) is 3. The minimum absolute atomic E-state index is 0.725. The van der Waals surface area contributed by atoms with E-state index in [-0.39, 0.29) is 0 Å². The lowest BCUT2D eigenvalue weighted by Crippen LogP contribution is -2.20. The number of para-hydroxylation sites is 2. The molecule has 1 aromatic carbocycles. The summed E-state index contributed by atoms with van der Waals surface area (Å²) < 4.78 is 5.76. The second-order valence-corrected chi connectivity index (χ2v) is 4.74. The van der Waals surface area contributed by atoms with Gasteiger partial charge >= 0.3 is 0 Å². The second kappa shape index (κ2) is 5.88. The molecule has 0 spiro atoms. The van der Waals surface area contributed by atoms with Crippen molar-refractivity contribution in [3.05, 3.63) is 42.2 Å². The number of rotatable bonds is 3. The molecule has 0 atom stereocenters. The van der Waals surface area contributed by atoms with E-state index in [4.69, 9.17) is 4.74 Å². The minimum Gasteiger partial charge on any atom is -0.491 e. The molecule has 0 unspecified atom stereocenters. The number of fused-ring (bicyclic) bond motifs is 1. The smallest absolute Gasteiger partial charge is 0.229 e. The summed E-state index contributed by atoms with van der Waals surface area (Å²) in [6.07, 6.45) is 4.69. The Morgan fingerprint density at radius 2 is 2.05 bits per heavy atom. The number of hydrogen-bond donors (Lipinski definition) is 1. The average Bonchev–Trinajstić information content (AvgIpc) is 2.71. The van der Waals surface area contributed by atoms with Gasteiger partial charge < -0.3 is 15.0 Å². The lowest BCUT2D eigenvalue weighted by atomic mass is 10.2. The van der Waals surface area contributed by atoms with E-state index in [1.807, 2.05) is 43.7 Å². The molecule has 3 rings (SSSR count). The molecule has 5 nitrogen and oxygen atoms in total. The molecule has 0 aliphatic carbocycles. The minimum atomic E-state index is 0.725. The summed E-state index contributed by atoms with van der Waals surface area (Å²) in [6, 6.07) is 8.03. The Morgan fingerprint density at radius 3 is 2.85 bits per heavy atom. The number of aromatic nitrogens is 2. The SMILES string of the molecule is CNCc1cnc(N2CCCOc3ccccc32)nc1. The van der Waals surface area contributed by atoms with Crippen molar-refractivity contribution < 1.29 is 4.74 Å². The van der Waals surface area contributed by atoms with E-state index in [1.54, 1.807) is 0 Å². The van der Waals surface area contributed by atoms with Crippen LogP contribution in [0.3, 0.4) is 0 Å². The molecule has 1 N–H and O–H groups in total. The molecule has 0 saturated heterocycles. The Morgan fingerprint density at radius 1 is 1.25 bits per heavy atom. The summed E-state index contributed by atoms with van der Waals surface area (Å²) in [7, 11) is 1.91. The fourth-order valence-electron chi connectivity index (χ4n) is 2.32. The first-order valence-corrected chi connectivity index (χ1v) is 6.83. The maximum Gasteiger partial charge on any atom is 0.229 e. The van der Waals surface area contributed by atoms with Gasteiger partial charge in [0.2, 0.25) is 5.95 Å². The van der Waals surface area contributed by atoms with E-state index >= 15 is 0 Å². The Balaban J connectivity index is 1.92. The van der Waals surface area contributed by atoms with Crippen LogP contribution in [0.4, 0.5) is 11.6 Å². The highest BCUT2D eigenvalue weighted by Gasteiger charge is 2.19. The van der Waals surface area contributed by atoms with Crippen molar-refractivity contribution in [2.24, 2.45) is 0 Å². The largest absolute Gasteiger partial charge is 0.491 e. The van der Waals surface area contributed by atoms with Crippen LogP contribution in [0.1, 0.15) is 12.0 Å². The summed E-state index contributed by atoms with van der Waals surface area (Å²) >= 11 is 0. The van der Waals surface area contributed by atoms with Crippen molar-refractivity contribution in [2.75, 3.05) is 25.1 Å². The Hall–Kier alpha value is -2.14. The average molecular weight is 270 g/mol. The van der Waals surface area contributed by atoms with Gasteiger partial charge in [0, 0.05) is 31.0 Å². The van der Waals surface area contributed by atoms with Gasteiger partial charge in [0.25, 0.3) is 0 Å². The molecule has 104 valence electrons. The van der Waals surface area contributed by atoms with E-state index < -0.39 is 0 Å². The fourth-order valence-corrected chi connectivity index (χ4v) is 2.32. The summed E-state index contributed by atoms with van der Waals surface area (Å²) in [5.41, 5.74) is 2.11. The molecule has 0 fully saturated rings. The first kappa shape index (κ1) is 12.9. The molecule has 1 aliphatic rings. The van der Waals surface area contributed by atoms with Gasteiger partial charge in [-0.25, -0.2) is 9.97 Å². The van der Waals surface area contributed by atoms with Crippen LogP contribution in [-0.4, -0.2) is 30.2 Å². The summed E-state index contributed by atoms with van der Waals surface area (Å²) in [6.45, 7) is 2.37. The van der Waals surface area contributed by atoms with Crippen LogP contribution >= 0.6 is 0 Å². The third-order valence-corrected chi connectivity index (χ3v) is 3.25. The molecule has 0 saturated carbocycles. The normalized spacial score (nSPS) is 14.3. The highest BCUT2D eigenvalue weighted by atomic mass is 16.5. The van der Waals surface area contributed by atoms with Crippen LogP contribution < -0.4 is 15.0 Å². The monoisotopic (exact) mass is 270 g/mol. The van der Waals surface area contributed by atoms with Crippen molar-refractivity contribution in [3.8, 4) is 5.75 Å². The number of benzene rings is 1. The predicted octanol–water partition coefficient (Wildman–Crippen LogP) is 2.12. The molecule has 0 bridgehead atoms. The van der Waals surface area contributed by atoms with Crippen molar-refractivity contribution in [3.63, 3.8) is 0 Å². The van der Waals surface area contributed by atoms with E-state index in [0.717, 1.165) is 49.1 Å². The lowest BCUT2D eigenvalue weighted by molar-refractivity contribution is 0.322. The number of ether oxygens (including phenoxy) is 1. The van der Waals surface area contributed by atoms with Gasteiger partial charge in [0.05, 0.1) is 12.3 Å². The summed E-state index contributed by atoms with van der Waals surface area (Å²) in [5.74, 6) is 1.62. The van der Waals surface area contributed by atoms with Gasteiger partial charge in [-0.05, 0) is 25.6 Å². The van der Waals surface area contributed by atoms with E-state index in [2.05, 4.69) is 20.2 Å².